The molecule has 0 spiro atoms. The molecule has 1 aromatic carbocycles. The Kier molecular flexibility index (Phi) is 6.17. The number of esters is 1. The Morgan fingerprint density at radius 3 is 2.62 bits per heavy atom. The summed E-state index contributed by atoms with van der Waals surface area (Å²) in [6.07, 6.45) is -0.964. The van der Waals surface area contributed by atoms with Crippen molar-refractivity contribution in [2.24, 2.45) is 5.10 Å². The number of aromatic hydroxyl groups is 1. The van der Waals surface area contributed by atoms with Crippen molar-refractivity contribution in [1.82, 2.24) is 9.99 Å². The Balaban J connectivity index is 1.65. The van der Waals surface area contributed by atoms with Gasteiger partial charge in [0.1, 0.15) is 17.7 Å². The van der Waals surface area contributed by atoms with Crippen LogP contribution in [0.15, 0.2) is 64.1 Å². The number of benzene rings is 1. The highest BCUT2D eigenvalue weighted by atomic mass is 32.2. The summed E-state index contributed by atoms with van der Waals surface area (Å²) in [5.41, 5.74) is 0.391. The molecule has 2 aliphatic rings. The van der Waals surface area contributed by atoms with Gasteiger partial charge in [-0.25, -0.2) is 9.80 Å². The Morgan fingerprint density at radius 1 is 1.24 bits per heavy atom. The molecule has 1 unspecified atom stereocenters. The van der Waals surface area contributed by atoms with Crippen LogP contribution in [0.4, 0.5) is 18.9 Å². The molecule has 0 amide bonds. The SMILES string of the molecule is CO/C=C(\C(=O)OC)C1=C(C)N2N=CN(c3cccc(-c4ccc(C(F)(F)F)cn4)c3O)C2S1. The van der Waals surface area contributed by atoms with Gasteiger partial charge in [0.05, 0.1) is 43.1 Å². The van der Waals surface area contributed by atoms with E-state index >= 15 is 0 Å². The van der Waals surface area contributed by atoms with Gasteiger partial charge in [0.2, 0.25) is 0 Å². The number of methoxy groups -OCH3 is 2. The maximum absolute atomic E-state index is 12.9. The number of fused-ring (bicyclic) bond motifs is 1. The van der Waals surface area contributed by atoms with Crippen molar-refractivity contribution in [2.75, 3.05) is 19.1 Å². The largest absolute Gasteiger partial charge is 0.505 e. The summed E-state index contributed by atoms with van der Waals surface area (Å²) in [6.45, 7) is 1.79. The smallest absolute Gasteiger partial charge is 0.417 e. The molecule has 34 heavy (non-hydrogen) atoms. The minimum Gasteiger partial charge on any atom is -0.505 e. The van der Waals surface area contributed by atoms with Gasteiger partial charge < -0.3 is 14.6 Å². The first kappa shape index (κ1) is 23.5. The average Bonchev–Trinajstić information content (AvgIpc) is 3.37. The molecule has 1 aromatic heterocycles. The monoisotopic (exact) mass is 492 g/mol. The number of rotatable bonds is 5. The van der Waals surface area contributed by atoms with Gasteiger partial charge >= 0.3 is 12.1 Å². The van der Waals surface area contributed by atoms with Gasteiger partial charge in [0.15, 0.2) is 5.50 Å². The van der Waals surface area contributed by atoms with Crippen LogP contribution in [0, 0.1) is 0 Å². The molecule has 0 saturated carbocycles. The fourth-order valence-electron chi connectivity index (χ4n) is 3.53. The molecule has 0 bridgehead atoms. The number of para-hydroxylation sites is 1. The van der Waals surface area contributed by atoms with Crippen molar-refractivity contribution in [3.63, 3.8) is 0 Å². The van der Waals surface area contributed by atoms with E-state index in [1.165, 1.54) is 44.6 Å². The van der Waals surface area contributed by atoms with E-state index in [4.69, 9.17) is 9.47 Å². The number of alkyl halides is 3. The second-order valence-electron chi connectivity index (χ2n) is 7.20. The lowest BCUT2D eigenvalue weighted by Crippen LogP contribution is -2.33. The molecule has 2 aliphatic heterocycles. The molecule has 1 atom stereocenters. The van der Waals surface area contributed by atoms with Crippen LogP contribution >= 0.6 is 11.8 Å². The van der Waals surface area contributed by atoms with Crippen LogP contribution in [0.2, 0.25) is 0 Å². The fraction of sp³-hybridized carbons (Fsp3) is 0.227. The van der Waals surface area contributed by atoms with E-state index in [2.05, 4.69) is 10.1 Å². The molecular formula is C22H19F3N4O4S. The number of thioether (sulfide) groups is 1. The lowest BCUT2D eigenvalue weighted by molar-refractivity contribution is -0.138. The second kappa shape index (κ2) is 8.93. The summed E-state index contributed by atoms with van der Waals surface area (Å²) in [6, 6.07) is 6.99. The number of allylic oxidation sites excluding steroid dienone is 1. The quantitative estimate of drug-likeness (QED) is 0.371. The van der Waals surface area contributed by atoms with Gasteiger partial charge in [0.25, 0.3) is 0 Å². The molecule has 1 N–H and O–H groups in total. The average molecular weight is 492 g/mol. The predicted octanol–water partition coefficient (Wildman–Crippen LogP) is 4.50. The number of hydrazone groups is 1. The minimum atomic E-state index is -4.51. The number of hydrogen-bond acceptors (Lipinski definition) is 9. The molecule has 4 rings (SSSR count). The molecule has 0 aliphatic carbocycles. The van der Waals surface area contributed by atoms with Crippen LogP contribution in [0.5, 0.6) is 5.75 Å². The maximum Gasteiger partial charge on any atom is 0.417 e. The molecule has 0 fully saturated rings. The van der Waals surface area contributed by atoms with E-state index in [0.29, 0.717) is 16.3 Å². The van der Waals surface area contributed by atoms with Gasteiger partial charge in [-0.05, 0) is 31.2 Å². The van der Waals surface area contributed by atoms with Crippen molar-refractivity contribution in [3.8, 4) is 17.0 Å². The summed E-state index contributed by atoms with van der Waals surface area (Å²) in [7, 11) is 2.69. The van der Waals surface area contributed by atoms with Crippen LogP contribution in [0.3, 0.4) is 0 Å². The van der Waals surface area contributed by atoms with E-state index in [0.717, 1.165) is 12.3 Å². The van der Waals surface area contributed by atoms with Crippen LogP contribution in [-0.4, -0.2) is 47.1 Å². The molecule has 8 nitrogen and oxygen atoms in total. The van der Waals surface area contributed by atoms with E-state index in [9.17, 15) is 23.1 Å². The molecule has 0 saturated heterocycles. The van der Waals surface area contributed by atoms with Gasteiger partial charge in [-0.1, -0.05) is 17.8 Å². The lowest BCUT2D eigenvalue weighted by atomic mass is 10.1. The molecule has 178 valence electrons. The number of nitrogens with zero attached hydrogens (tertiary/aromatic N) is 4. The number of halogens is 3. The van der Waals surface area contributed by atoms with E-state index < -0.39 is 23.2 Å². The summed E-state index contributed by atoms with van der Waals surface area (Å²) >= 11 is 1.30. The number of pyridine rings is 1. The third kappa shape index (κ3) is 4.04. The maximum atomic E-state index is 12.9. The predicted molar refractivity (Wildman–Crippen MR) is 120 cm³/mol. The Hall–Kier alpha value is -3.67. The van der Waals surface area contributed by atoms with Crippen LogP contribution in [-0.2, 0) is 20.4 Å². The number of anilines is 1. The van der Waals surface area contributed by atoms with Crippen LogP contribution in [0.25, 0.3) is 11.3 Å². The summed E-state index contributed by atoms with van der Waals surface area (Å²) in [5, 5.41) is 17.0. The molecule has 0 radical (unpaired) electrons. The molecular weight excluding hydrogens is 473 g/mol. The Labute approximate surface area is 197 Å². The fourth-order valence-corrected chi connectivity index (χ4v) is 4.85. The highest BCUT2D eigenvalue weighted by Crippen LogP contribution is 2.48. The number of hydrogen-bond donors (Lipinski definition) is 1. The number of phenolic OH excluding ortho intramolecular Hbond substituents is 1. The van der Waals surface area contributed by atoms with Gasteiger partial charge in [-0.2, -0.15) is 18.3 Å². The number of phenols is 1. The molecule has 2 aromatic rings. The van der Waals surface area contributed by atoms with Gasteiger partial charge in [0, 0.05) is 16.7 Å². The van der Waals surface area contributed by atoms with Crippen molar-refractivity contribution >= 4 is 29.8 Å². The van der Waals surface area contributed by atoms with Crippen molar-refractivity contribution < 1.29 is 32.5 Å². The minimum absolute atomic E-state index is 0.171. The summed E-state index contributed by atoms with van der Waals surface area (Å²) in [4.78, 5) is 18.4. The van der Waals surface area contributed by atoms with E-state index in [1.807, 2.05) is 0 Å². The number of aromatic nitrogens is 1. The molecule has 12 heteroatoms. The first-order valence-electron chi connectivity index (χ1n) is 9.83. The van der Waals surface area contributed by atoms with Crippen molar-refractivity contribution in [2.45, 2.75) is 18.6 Å². The highest BCUT2D eigenvalue weighted by Gasteiger charge is 2.42. The number of carbonyl (C=O) groups is 1. The zero-order valence-corrected chi connectivity index (χ0v) is 19.0. The van der Waals surface area contributed by atoms with Crippen LogP contribution in [0.1, 0.15) is 12.5 Å². The third-order valence-electron chi connectivity index (χ3n) is 5.19. The van der Waals surface area contributed by atoms with Crippen molar-refractivity contribution in [1.29, 1.82) is 0 Å². The molecule has 3 heterocycles. The Bertz CT molecular complexity index is 1210. The number of ether oxygens (including phenoxy) is 2. The van der Waals surface area contributed by atoms with Gasteiger partial charge in [-0.15, -0.1) is 0 Å². The lowest BCUT2D eigenvalue weighted by Gasteiger charge is -2.25. The zero-order chi connectivity index (χ0) is 24.6. The first-order valence-corrected chi connectivity index (χ1v) is 10.7. The summed E-state index contributed by atoms with van der Waals surface area (Å²) in [5.74, 6) is -0.742. The van der Waals surface area contributed by atoms with Gasteiger partial charge in [-0.3, -0.25) is 9.88 Å². The second-order valence-corrected chi connectivity index (χ2v) is 8.27. The Morgan fingerprint density at radius 2 is 2.00 bits per heavy atom. The normalized spacial score (nSPS) is 17.9. The summed E-state index contributed by atoms with van der Waals surface area (Å²) < 4.78 is 48.5. The van der Waals surface area contributed by atoms with Crippen molar-refractivity contribution in [3.05, 3.63) is 64.5 Å². The standard InChI is InChI=1S/C22H19F3N4O4S/c1-12-19(15(10-32-2)20(31)33-3)34-21-28(11-27-29(12)21)17-6-4-5-14(18(17)30)16-8-7-13(9-26-16)22(23,24)25/h4-11,21,30H,1-3H3/b15-10-. The first-order chi connectivity index (χ1) is 16.2. The topological polar surface area (TPSA) is 87.5 Å². The zero-order valence-electron chi connectivity index (χ0n) is 18.2. The highest BCUT2D eigenvalue weighted by molar-refractivity contribution is 8.04. The number of carbonyl (C=O) groups excluding carboxylic acids is 1. The van der Waals surface area contributed by atoms with E-state index in [1.54, 1.807) is 35.0 Å². The third-order valence-corrected chi connectivity index (χ3v) is 6.58. The van der Waals surface area contributed by atoms with Crippen LogP contribution < -0.4 is 4.90 Å². The van der Waals surface area contributed by atoms with E-state index in [-0.39, 0.29) is 22.6 Å².